The van der Waals surface area contributed by atoms with Gasteiger partial charge >= 0.3 is 0 Å². The van der Waals surface area contributed by atoms with Crippen LogP contribution in [0.5, 0.6) is 5.75 Å². The van der Waals surface area contributed by atoms with Gasteiger partial charge in [-0.05, 0) is 12.1 Å². The molecule has 112 valence electrons. The Morgan fingerprint density at radius 2 is 1.95 bits per heavy atom. The number of phenolic OH excluding ortho intramolecular Hbond substituents is 1. The Morgan fingerprint density at radius 1 is 1.23 bits per heavy atom. The van der Waals surface area contributed by atoms with Gasteiger partial charge in [-0.2, -0.15) is 5.10 Å². The number of non-ortho nitro benzene ring substituents is 1. The summed E-state index contributed by atoms with van der Waals surface area (Å²) in [6, 6.07) is 5.71. The molecule has 22 heavy (non-hydrogen) atoms. The summed E-state index contributed by atoms with van der Waals surface area (Å²) in [7, 11) is 0. The van der Waals surface area contributed by atoms with Gasteiger partial charge in [0.25, 0.3) is 11.4 Å². The zero-order valence-electron chi connectivity index (χ0n) is 10.9. The Labute approximate surface area is 122 Å². The van der Waals surface area contributed by atoms with E-state index in [1.165, 1.54) is 18.3 Å². The summed E-state index contributed by atoms with van der Waals surface area (Å²) in [6.45, 7) is 0. The number of hydrazone groups is 1. The SMILES string of the molecule is N/N=C(\c1cc([N+](=O)[O-])ccc1O)c1ncccc1[N+](=O)[O-]. The number of aromatic hydroxyl groups is 1. The normalized spacial score (nSPS) is 11.2. The number of nitrogens with zero attached hydrogens (tertiary/aromatic N) is 4. The summed E-state index contributed by atoms with van der Waals surface area (Å²) in [4.78, 5) is 24.3. The number of pyridine rings is 1. The number of aromatic nitrogens is 1. The van der Waals surface area contributed by atoms with Crippen molar-refractivity contribution >= 4 is 17.1 Å². The van der Waals surface area contributed by atoms with E-state index in [9.17, 15) is 25.3 Å². The molecule has 1 aromatic heterocycles. The van der Waals surface area contributed by atoms with Crippen molar-refractivity contribution in [3.8, 4) is 5.75 Å². The van der Waals surface area contributed by atoms with E-state index in [-0.39, 0.29) is 28.4 Å². The maximum Gasteiger partial charge on any atom is 0.297 e. The molecular weight excluding hydrogens is 294 g/mol. The fourth-order valence-corrected chi connectivity index (χ4v) is 1.81. The van der Waals surface area contributed by atoms with Crippen molar-refractivity contribution < 1.29 is 15.0 Å². The van der Waals surface area contributed by atoms with Gasteiger partial charge in [0.15, 0.2) is 5.69 Å². The molecule has 0 unspecified atom stereocenters. The van der Waals surface area contributed by atoms with Crippen LogP contribution >= 0.6 is 0 Å². The second-order valence-electron chi connectivity index (χ2n) is 4.06. The molecule has 10 nitrogen and oxygen atoms in total. The highest BCUT2D eigenvalue weighted by Crippen LogP contribution is 2.28. The molecule has 0 saturated carbocycles. The third-order valence-electron chi connectivity index (χ3n) is 2.78. The van der Waals surface area contributed by atoms with E-state index in [2.05, 4.69) is 10.1 Å². The molecule has 0 bridgehead atoms. The van der Waals surface area contributed by atoms with Crippen molar-refractivity contribution in [2.45, 2.75) is 0 Å². The lowest BCUT2D eigenvalue weighted by molar-refractivity contribution is -0.385. The molecule has 0 fully saturated rings. The maximum absolute atomic E-state index is 11.0. The van der Waals surface area contributed by atoms with Gasteiger partial charge in [-0.3, -0.25) is 20.2 Å². The lowest BCUT2D eigenvalue weighted by atomic mass is 10.0. The molecule has 3 N–H and O–H groups in total. The fraction of sp³-hybridized carbons (Fsp3) is 0. The van der Waals surface area contributed by atoms with Crippen LogP contribution in [0, 0.1) is 20.2 Å². The molecule has 0 aliphatic rings. The average Bonchev–Trinajstić information content (AvgIpc) is 2.50. The molecule has 2 aromatic rings. The van der Waals surface area contributed by atoms with Crippen molar-refractivity contribution in [2.75, 3.05) is 0 Å². The van der Waals surface area contributed by atoms with Gasteiger partial charge in [0.05, 0.1) is 15.4 Å². The summed E-state index contributed by atoms with van der Waals surface area (Å²) in [5.41, 5.74) is -1.28. The first kappa shape index (κ1) is 14.8. The second-order valence-corrected chi connectivity index (χ2v) is 4.06. The molecule has 0 spiro atoms. The van der Waals surface area contributed by atoms with Crippen molar-refractivity contribution in [1.82, 2.24) is 4.98 Å². The number of hydrogen-bond donors (Lipinski definition) is 2. The van der Waals surface area contributed by atoms with Gasteiger partial charge in [0.2, 0.25) is 0 Å². The van der Waals surface area contributed by atoms with Gasteiger partial charge in [-0.1, -0.05) is 0 Å². The summed E-state index contributed by atoms with van der Waals surface area (Å²) < 4.78 is 0. The number of phenols is 1. The maximum atomic E-state index is 11.0. The minimum absolute atomic E-state index is 0.126. The first-order valence-electron chi connectivity index (χ1n) is 5.81. The highest BCUT2D eigenvalue weighted by atomic mass is 16.6. The largest absolute Gasteiger partial charge is 0.507 e. The van der Waals surface area contributed by atoms with E-state index in [0.717, 1.165) is 18.2 Å². The number of nitro benzene ring substituents is 1. The molecule has 2 rings (SSSR count). The Balaban J connectivity index is 2.67. The van der Waals surface area contributed by atoms with Crippen LogP contribution in [0.4, 0.5) is 11.4 Å². The Hall–Kier alpha value is -3.56. The molecule has 0 aliphatic heterocycles. The predicted molar refractivity (Wildman–Crippen MR) is 75.5 cm³/mol. The molecule has 0 amide bonds. The predicted octanol–water partition coefficient (Wildman–Crippen LogP) is 1.31. The topological polar surface area (TPSA) is 158 Å². The molecule has 0 radical (unpaired) electrons. The number of benzene rings is 1. The summed E-state index contributed by atoms with van der Waals surface area (Å²) in [5.74, 6) is 4.88. The summed E-state index contributed by atoms with van der Waals surface area (Å²) >= 11 is 0. The first-order chi connectivity index (χ1) is 10.5. The van der Waals surface area contributed by atoms with Gasteiger partial charge in [0.1, 0.15) is 11.5 Å². The zero-order chi connectivity index (χ0) is 16.3. The molecule has 1 heterocycles. The standard InChI is InChI=1S/C12H9N5O5/c13-15-11(12-9(17(21)22)2-1-5-14-12)8-6-7(16(19)20)3-4-10(8)18/h1-6,18H,13H2/b15-11+. The fourth-order valence-electron chi connectivity index (χ4n) is 1.81. The smallest absolute Gasteiger partial charge is 0.297 e. The van der Waals surface area contributed by atoms with Crippen LogP contribution in [0.3, 0.4) is 0 Å². The minimum atomic E-state index is -0.693. The Morgan fingerprint density at radius 3 is 2.55 bits per heavy atom. The van der Waals surface area contributed by atoms with Crippen LogP contribution in [0.2, 0.25) is 0 Å². The van der Waals surface area contributed by atoms with Crippen molar-refractivity contribution in [1.29, 1.82) is 0 Å². The Bertz CT molecular complexity index is 789. The van der Waals surface area contributed by atoms with E-state index in [0.29, 0.717) is 0 Å². The molecular formula is C12H9N5O5. The minimum Gasteiger partial charge on any atom is -0.507 e. The molecule has 1 aromatic carbocycles. The summed E-state index contributed by atoms with van der Waals surface area (Å²) in [5, 5.41) is 35.1. The second kappa shape index (κ2) is 5.83. The number of rotatable bonds is 4. The van der Waals surface area contributed by atoms with Gasteiger partial charge < -0.3 is 10.9 Å². The van der Waals surface area contributed by atoms with Gasteiger partial charge in [-0.25, -0.2) is 4.98 Å². The quantitative estimate of drug-likeness (QED) is 0.373. The van der Waals surface area contributed by atoms with E-state index in [4.69, 9.17) is 5.84 Å². The number of hydrogen-bond acceptors (Lipinski definition) is 8. The van der Waals surface area contributed by atoms with Crippen LogP contribution in [-0.2, 0) is 0 Å². The lowest BCUT2D eigenvalue weighted by Crippen LogP contribution is -2.12. The van der Waals surface area contributed by atoms with Crippen molar-refractivity contribution in [2.24, 2.45) is 10.9 Å². The van der Waals surface area contributed by atoms with Crippen LogP contribution in [0.1, 0.15) is 11.3 Å². The van der Waals surface area contributed by atoms with E-state index in [1.807, 2.05) is 0 Å². The molecule has 10 heteroatoms. The van der Waals surface area contributed by atoms with Crippen molar-refractivity contribution in [3.05, 3.63) is 68.0 Å². The highest BCUT2D eigenvalue weighted by Gasteiger charge is 2.24. The van der Waals surface area contributed by atoms with Gasteiger partial charge in [0, 0.05) is 24.4 Å². The summed E-state index contributed by atoms with van der Waals surface area (Å²) in [6.07, 6.45) is 1.28. The van der Waals surface area contributed by atoms with Gasteiger partial charge in [-0.15, -0.1) is 0 Å². The van der Waals surface area contributed by atoms with Crippen LogP contribution < -0.4 is 5.84 Å². The van der Waals surface area contributed by atoms with Crippen LogP contribution in [0.15, 0.2) is 41.6 Å². The molecule has 0 aliphatic carbocycles. The van der Waals surface area contributed by atoms with E-state index >= 15 is 0 Å². The third kappa shape index (κ3) is 2.65. The average molecular weight is 303 g/mol. The first-order valence-corrected chi connectivity index (χ1v) is 5.81. The highest BCUT2D eigenvalue weighted by molar-refractivity contribution is 6.15. The number of nitrogens with two attached hydrogens (primary N) is 1. The molecule has 0 atom stereocenters. The zero-order valence-corrected chi connectivity index (χ0v) is 10.9. The van der Waals surface area contributed by atoms with E-state index < -0.39 is 15.5 Å². The Kier molecular flexibility index (Phi) is 3.93. The monoisotopic (exact) mass is 303 g/mol. The number of nitro groups is 2. The van der Waals surface area contributed by atoms with Crippen LogP contribution in [-0.4, -0.2) is 25.6 Å². The van der Waals surface area contributed by atoms with E-state index in [1.54, 1.807) is 0 Å². The molecule has 0 saturated heterocycles. The third-order valence-corrected chi connectivity index (χ3v) is 2.78. The van der Waals surface area contributed by atoms with Crippen LogP contribution in [0.25, 0.3) is 0 Å². The van der Waals surface area contributed by atoms with Crippen molar-refractivity contribution in [3.63, 3.8) is 0 Å². The lowest BCUT2D eigenvalue weighted by Gasteiger charge is -2.07.